The van der Waals surface area contributed by atoms with Crippen LogP contribution in [0, 0.1) is 6.92 Å². The molecule has 0 aliphatic heterocycles. The van der Waals surface area contributed by atoms with Gasteiger partial charge >= 0.3 is 0 Å². The van der Waals surface area contributed by atoms with Gasteiger partial charge in [0.1, 0.15) is 5.82 Å². The Morgan fingerprint density at radius 3 is 2.44 bits per heavy atom. The Kier molecular flexibility index (Phi) is 5.53. The Hall–Kier alpha value is -2.60. The Balaban J connectivity index is 1.40. The van der Waals surface area contributed by atoms with Crippen LogP contribution in [0.3, 0.4) is 0 Å². The van der Waals surface area contributed by atoms with Crippen LogP contribution in [0.1, 0.15) is 50.2 Å². The van der Waals surface area contributed by atoms with Gasteiger partial charge in [-0.05, 0) is 25.8 Å². The van der Waals surface area contributed by atoms with Crippen molar-refractivity contribution in [1.29, 1.82) is 0 Å². The highest BCUT2D eigenvalue weighted by Gasteiger charge is 2.14. The molecule has 6 nitrogen and oxygen atoms in total. The first-order valence-electron chi connectivity index (χ1n) is 9.74. The molecule has 2 heterocycles. The lowest BCUT2D eigenvalue weighted by atomic mass is 10.1. The van der Waals surface area contributed by atoms with Crippen LogP contribution in [0.5, 0.6) is 0 Å². The van der Waals surface area contributed by atoms with E-state index in [0.717, 1.165) is 22.6 Å². The zero-order valence-electron chi connectivity index (χ0n) is 15.7. The fourth-order valence-electron chi connectivity index (χ4n) is 3.57. The van der Waals surface area contributed by atoms with Crippen LogP contribution in [-0.2, 0) is 6.54 Å². The minimum atomic E-state index is 0.568. The molecule has 0 amide bonds. The van der Waals surface area contributed by atoms with Crippen molar-refractivity contribution in [2.75, 3.05) is 0 Å². The quantitative estimate of drug-likeness (QED) is 0.681. The molecule has 1 fully saturated rings. The van der Waals surface area contributed by atoms with Crippen LogP contribution >= 0.6 is 0 Å². The van der Waals surface area contributed by atoms with Crippen molar-refractivity contribution in [1.82, 2.24) is 25.4 Å². The monoisotopic (exact) mass is 363 g/mol. The van der Waals surface area contributed by atoms with Crippen LogP contribution in [0.15, 0.2) is 41.1 Å². The number of rotatable bonds is 5. The van der Waals surface area contributed by atoms with E-state index in [9.17, 15) is 0 Å². The summed E-state index contributed by atoms with van der Waals surface area (Å²) in [6.07, 6.45) is 9.59. The van der Waals surface area contributed by atoms with Crippen molar-refractivity contribution in [2.24, 2.45) is 0 Å². The molecular weight excluding hydrogens is 338 g/mol. The fraction of sp³-hybridized carbons (Fsp3) is 0.429. The van der Waals surface area contributed by atoms with Gasteiger partial charge in [-0.2, -0.15) is 4.98 Å². The first-order chi connectivity index (χ1) is 13.3. The molecule has 1 saturated carbocycles. The molecule has 140 valence electrons. The summed E-state index contributed by atoms with van der Waals surface area (Å²) in [5.41, 5.74) is 2.90. The molecular formula is C21H25N5O. The highest BCUT2D eigenvalue weighted by atomic mass is 16.5. The van der Waals surface area contributed by atoms with Gasteiger partial charge in [0.2, 0.25) is 11.7 Å². The summed E-state index contributed by atoms with van der Waals surface area (Å²) in [7, 11) is 0. The van der Waals surface area contributed by atoms with Crippen molar-refractivity contribution in [3.8, 4) is 22.6 Å². The molecule has 1 aromatic carbocycles. The van der Waals surface area contributed by atoms with Crippen molar-refractivity contribution in [3.63, 3.8) is 0 Å². The molecule has 27 heavy (non-hydrogen) atoms. The number of aryl methyl sites for hydroxylation is 1. The second kappa shape index (κ2) is 8.39. The average molecular weight is 363 g/mol. The number of hydrogen-bond acceptors (Lipinski definition) is 6. The Bertz CT molecular complexity index is 866. The van der Waals surface area contributed by atoms with E-state index in [2.05, 4.69) is 25.4 Å². The van der Waals surface area contributed by atoms with Gasteiger partial charge in [0.15, 0.2) is 0 Å². The third-order valence-corrected chi connectivity index (χ3v) is 5.08. The van der Waals surface area contributed by atoms with E-state index < -0.39 is 0 Å². The maximum Gasteiger partial charge on any atom is 0.240 e. The SMILES string of the molecule is Cc1nccc(-c2ccc(-c3noc(CNC4CCCCCC4)n3)cc2)n1. The first kappa shape index (κ1) is 17.8. The fourth-order valence-corrected chi connectivity index (χ4v) is 3.57. The minimum Gasteiger partial charge on any atom is -0.338 e. The van der Waals surface area contributed by atoms with E-state index in [-0.39, 0.29) is 0 Å². The largest absolute Gasteiger partial charge is 0.338 e. The zero-order valence-corrected chi connectivity index (χ0v) is 15.7. The smallest absolute Gasteiger partial charge is 0.240 e. The van der Waals surface area contributed by atoms with E-state index >= 15 is 0 Å². The van der Waals surface area contributed by atoms with E-state index in [1.165, 1.54) is 38.5 Å². The number of nitrogens with one attached hydrogen (secondary N) is 1. The van der Waals surface area contributed by atoms with Crippen molar-refractivity contribution < 1.29 is 4.52 Å². The van der Waals surface area contributed by atoms with E-state index in [1.807, 2.05) is 37.3 Å². The third kappa shape index (κ3) is 4.57. The van der Waals surface area contributed by atoms with Gasteiger partial charge in [0.05, 0.1) is 12.2 Å². The van der Waals surface area contributed by atoms with Crippen molar-refractivity contribution in [2.45, 2.75) is 58.0 Å². The molecule has 0 saturated heterocycles. The van der Waals surface area contributed by atoms with Gasteiger partial charge in [-0.3, -0.25) is 0 Å². The lowest BCUT2D eigenvalue weighted by molar-refractivity contribution is 0.349. The van der Waals surface area contributed by atoms with Crippen molar-refractivity contribution >= 4 is 0 Å². The normalized spacial score (nSPS) is 15.6. The van der Waals surface area contributed by atoms with Crippen LogP contribution in [0.2, 0.25) is 0 Å². The van der Waals surface area contributed by atoms with Crippen LogP contribution in [0.25, 0.3) is 22.6 Å². The van der Waals surface area contributed by atoms with E-state index in [4.69, 9.17) is 4.52 Å². The van der Waals surface area contributed by atoms with Gasteiger partial charge < -0.3 is 9.84 Å². The standard InChI is InChI=1S/C21H25N5O/c1-15-22-13-12-19(24-15)16-8-10-17(11-9-16)21-25-20(27-26-21)14-23-18-6-4-2-3-5-7-18/h8-13,18,23H,2-7,14H2,1H3. The summed E-state index contributed by atoms with van der Waals surface area (Å²) in [5.74, 6) is 2.03. The first-order valence-corrected chi connectivity index (χ1v) is 9.74. The topological polar surface area (TPSA) is 76.7 Å². The summed E-state index contributed by atoms with van der Waals surface area (Å²) in [4.78, 5) is 13.1. The number of aromatic nitrogens is 4. The molecule has 6 heteroatoms. The molecule has 4 rings (SSSR count). The van der Waals surface area contributed by atoms with Crippen LogP contribution < -0.4 is 5.32 Å². The van der Waals surface area contributed by atoms with Gasteiger partial charge in [-0.1, -0.05) is 55.1 Å². The minimum absolute atomic E-state index is 0.568. The number of hydrogen-bond donors (Lipinski definition) is 1. The molecule has 0 spiro atoms. The lowest BCUT2D eigenvalue weighted by Crippen LogP contribution is -2.27. The second-order valence-electron chi connectivity index (χ2n) is 7.15. The molecule has 1 aliphatic rings. The summed E-state index contributed by atoms with van der Waals surface area (Å²) < 4.78 is 5.43. The molecule has 0 atom stereocenters. The molecule has 0 radical (unpaired) electrons. The van der Waals surface area contributed by atoms with Gasteiger partial charge in [0.25, 0.3) is 0 Å². The maximum atomic E-state index is 5.43. The molecule has 3 aromatic rings. The summed E-state index contributed by atoms with van der Waals surface area (Å²) >= 11 is 0. The molecule has 1 aliphatic carbocycles. The van der Waals surface area contributed by atoms with Crippen LogP contribution in [-0.4, -0.2) is 26.2 Å². The lowest BCUT2D eigenvalue weighted by Gasteiger charge is -2.14. The summed E-state index contributed by atoms with van der Waals surface area (Å²) in [5, 5.41) is 7.70. The molecule has 2 aromatic heterocycles. The highest BCUT2D eigenvalue weighted by Crippen LogP contribution is 2.22. The van der Waals surface area contributed by atoms with Crippen LogP contribution in [0.4, 0.5) is 0 Å². The Morgan fingerprint density at radius 2 is 1.70 bits per heavy atom. The predicted octanol–water partition coefficient (Wildman–Crippen LogP) is 4.31. The molecule has 1 N–H and O–H groups in total. The molecule has 0 bridgehead atoms. The summed E-state index contributed by atoms with van der Waals surface area (Å²) in [6.45, 7) is 2.53. The van der Waals surface area contributed by atoms with Crippen molar-refractivity contribution in [3.05, 3.63) is 48.2 Å². The summed E-state index contributed by atoms with van der Waals surface area (Å²) in [6, 6.07) is 10.5. The van der Waals surface area contributed by atoms with E-state index in [0.29, 0.717) is 24.3 Å². The zero-order chi connectivity index (χ0) is 18.5. The predicted molar refractivity (Wildman–Crippen MR) is 104 cm³/mol. The molecule has 0 unspecified atom stereocenters. The Labute approximate surface area is 159 Å². The number of benzene rings is 1. The van der Waals surface area contributed by atoms with Gasteiger partial charge in [-0.15, -0.1) is 0 Å². The average Bonchev–Trinajstić information content (AvgIpc) is 3.02. The van der Waals surface area contributed by atoms with E-state index in [1.54, 1.807) is 6.20 Å². The maximum absolute atomic E-state index is 5.43. The second-order valence-corrected chi connectivity index (χ2v) is 7.15. The third-order valence-electron chi connectivity index (χ3n) is 5.08. The highest BCUT2D eigenvalue weighted by molar-refractivity contribution is 5.64. The van der Waals surface area contributed by atoms with Gasteiger partial charge in [-0.25, -0.2) is 9.97 Å². The van der Waals surface area contributed by atoms with Gasteiger partial charge in [0, 0.05) is 23.4 Å². The Morgan fingerprint density at radius 1 is 0.963 bits per heavy atom. The number of nitrogens with zero attached hydrogens (tertiary/aromatic N) is 4.